The van der Waals surface area contributed by atoms with Gasteiger partial charge in [0, 0.05) is 25.8 Å². The molecule has 0 saturated carbocycles. The molecule has 1 heterocycles. The van der Waals surface area contributed by atoms with Gasteiger partial charge in [0.2, 0.25) is 59.1 Å². The van der Waals surface area contributed by atoms with Gasteiger partial charge in [-0.25, -0.2) is 4.79 Å². The Morgan fingerprint density at radius 2 is 1.01 bits per heavy atom. The summed E-state index contributed by atoms with van der Waals surface area (Å²) in [6.07, 6.45) is -5.48. The van der Waals surface area contributed by atoms with Crippen molar-refractivity contribution < 1.29 is 92.7 Å². The van der Waals surface area contributed by atoms with E-state index in [1.807, 2.05) is 0 Å². The molecule has 1 aliphatic rings. The summed E-state index contributed by atoms with van der Waals surface area (Å²) in [5, 5.41) is 67.9. The predicted molar refractivity (Wildman–Crippen MR) is 289 cm³/mol. The number of carboxylic acids is 4. The highest BCUT2D eigenvalue weighted by Crippen LogP contribution is 2.21. The molecule has 1 fully saturated rings. The van der Waals surface area contributed by atoms with Gasteiger partial charge in [-0.1, -0.05) is 48.0 Å². The van der Waals surface area contributed by atoms with Crippen molar-refractivity contribution in [3.05, 3.63) is 0 Å². The quantitative estimate of drug-likeness (QED) is 0.0261. The Morgan fingerprint density at radius 3 is 1.50 bits per heavy atom. The van der Waals surface area contributed by atoms with Crippen molar-refractivity contribution in [1.29, 1.82) is 0 Å². The molecule has 464 valence electrons. The number of nitrogens with two attached hydrogens (primary N) is 3. The van der Waals surface area contributed by atoms with E-state index in [-0.39, 0.29) is 63.5 Å². The van der Waals surface area contributed by atoms with Crippen LogP contribution in [0.3, 0.4) is 0 Å². The first kappa shape index (κ1) is 72.5. The Balaban J connectivity index is 3.55. The fourth-order valence-electron chi connectivity index (χ4n) is 8.48. The lowest BCUT2D eigenvalue weighted by Crippen LogP contribution is -2.62. The molecule has 1 aliphatic heterocycles. The van der Waals surface area contributed by atoms with Crippen LogP contribution in [0.5, 0.6) is 0 Å². The molecule has 0 spiro atoms. The second-order valence-corrected chi connectivity index (χ2v) is 21.1. The number of unbranched alkanes of at least 4 members (excludes halogenated alkanes) is 1. The molecule has 1 saturated heterocycles. The molecular weight excluding hydrogens is 1080 g/mol. The van der Waals surface area contributed by atoms with Crippen LogP contribution in [0.1, 0.15) is 138 Å². The molecule has 10 amide bonds. The summed E-state index contributed by atoms with van der Waals surface area (Å²) >= 11 is 0. The number of nitrogens with zero attached hydrogens (tertiary/aromatic N) is 1. The number of aliphatic hydroxyl groups is 1. The number of hydrogen-bond acceptors (Lipinski definition) is 17. The maximum atomic E-state index is 14.4. The van der Waals surface area contributed by atoms with E-state index >= 15 is 0 Å². The molecular formula is C51H86N12O19. The van der Waals surface area contributed by atoms with Gasteiger partial charge < -0.3 is 90.2 Å². The van der Waals surface area contributed by atoms with Crippen LogP contribution in [0.2, 0.25) is 0 Å². The minimum absolute atomic E-state index is 0.0134. The number of primary amides is 1. The highest BCUT2D eigenvalue weighted by atomic mass is 16.4. The second-order valence-electron chi connectivity index (χ2n) is 21.1. The lowest BCUT2D eigenvalue weighted by atomic mass is 9.98. The van der Waals surface area contributed by atoms with Crippen LogP contribution in [0.4, 0.5) is 0 Å². The number of carboxylic acid groups (broad SMARTS) is 4. The van der Waals surface area contributed by atoms with Crippen LogP contribution < -0.4 is 59.7 Å². The van der Waals surface area contributed by atoms with E-state index in [0.29, 0.717) is 6.42 Å². The lowest BCUT2D eigenvalue weighted by molar-refractivity contribution is -0.145. The maximum Gasteiger partial charge on any atom is 0.326 e. The molecule has 0 unspecified atom stereocenters. The van der Waals surface area contributed by atoms with Crippen LogP contribution >= 0.6 is 0 Å². The van der Waals surface area contributed by atoms with Gasteiger partial charge >= 0.3 is 23.9 Å². The topological polar surface area (TPSA) is 518 Å². The number of nitrogens with one attached hydrogen (secondary N) is 8. The molecule has 12 atom stereocenters. The van der Waals surface area contributed by atoms with Gasteiger partial charge in [-0.15, -0.1) is 0 Å². The third kappa shape index (κ3) is 25.5. The summed E-state index contributed by atoms with van der Waals surface area (Å²) in [7, 11) is 0. The zero-order valence-electron chi connectivity index (χ0n) is 47.5. The Hall–Kier alpha value is -7.54. The largest absolute Gasteiger partial charge is 0.481 e. The first-order chi connectivity index (χ1) is 38.3. The summed E-state index contributed by atoms with van der Waals surface area (Å²) in [4.78, 5) is 184. The van der Waals surface area contributed by atoms with E-state index < -0.39 is 200 Å². The van der Waals surface area contributed by atoms with Gasteiger partial charge in [-0.2, -0.15) is 0 Å². The molecule has 31 nitrogen and oxygen atoms in total. The van der Waals surface area contributed by atoms with Crippen LogP contribution in [0.25, 0.3) is 0 Å². The van der Waals surface area contributed by atoms with Gasteiger partial charge in [0.1, 0.15) is 54.4 Å². The first-order valence-corrected chi connectivity index (χ1v) is 27.3. The van der Waals surface area contributed by atoms with Crippen LogP contribution in [0, 0.1) is 17.8 Å². The van der Waals surface area contributed by atoms with Crippen LogP contribution in [-0.4, -0.2) is 193 Å². The van der Waals surface area contributed by atoms with Gasteiger partial charge in [0.15, 0.2) is 0 Å². The number of amides is 10. The van der Waals surface area contributed by atoms with Crippen molar-refractivity contribution in [2.75, 3.05) is 13.1 Å². The molecule has 82 heavy (non-hydrogen) atoms. The number of carbonyl (C=O) groups excluding carboxylic acids is 10. The number of aliphatic hydroxyl groups excluding tert-OH is 1. The number of aliphatic carboxylic acids is 4. The Morgan fingerprint density at radius 1 is 0.549 bits per heavy atom. The predicted octanol–water partition coefficient (Wildman–Crippen LogP) is -4.00. The van der Waals surface area contributed by atoms with Crippen molar-refractivity contribution in [2.24, 2.45) is 35.0 Å². The average molecular weight is 1170 g/mol. The Kier molecular flexibility index (Phi) is 31.8. The van der Waals surface area contributed by atoms with Gasteiger partial charge in [-0.3, -0.25) is 62.3 Å². The fraction of sp³-hybridized carbons (Fsp3) is 0.725. The maximum absolute atomic E-state index is 14.4. The minimum atomic E-state index is -1.95. The average Bonchev–Trinajstić information content (AvgIpc) is 3.92. The number of rotatable bonds is 39. The normalized spacial score (nSPS) is 17.1. The SMILES string of the molecule is CC[C@H](C)[C@H](NC(=O)[C@H](CC(=O)O)NC(=O)[C@H](CCC(=O)O)NC(=O)[C@@H](NC(=O)[C@H](CCCCN)NC(=O)[C@@H]1CCCN1C(=O)[C@H](CCC(=O)O)NC(=O)[C@H](CCC(N)=O)NC(=O)[C@H](CC(C)C)NC(=O)[C@@H](N)C(C)C)[C@@H](C)O)C(=O)O. The summed E-state index contributed by atoms with van der Waals surface area (Å²) in [6.45, 7) is 11.2. The number of hydrogen-bond donors (Lipinski definition) is 16. The van der Waals surface area contributed by atoms with Crippen LogP contribution in [0.15, 0.2) is 0 Å². The molecule has 0 radical (unpaired) electrons. The van der Waals surface area contributed by atoms with Crippen LogP contribution in [-0.2, 0) is 67.1 Å². The standard InChI is InChI=1S/C51H86N12O19/c1-8-26(6)40(51(81)82)61-46(76)33(23-38(70)71)59-43(73)30(15-18-36(66)67)57-49(79)41(27(7)64)62-44(74)28(12-9-10-20-52)56-47(77)34-13-11-21-63(34)50(80)31(16-19-37(68)69)58-42(72)29(14-17-35(53)65)55-45(75)32(22-24(2)3)60-48(78)39(54)25(4)5/h24-34,39-41,64H,8-23,52,54H2,1-7H3,(H2,53,65)(H,55,75)(H,56,77)(H,57,79)(H,58,72)(H,59,73)(H,60,78)(H,61,76)(H,62,74)(H,66,67)(H,68,69)(H,70,71)(H,81,82)/t26-,27+,28-,29-,30-,31-,32-,33-,34-,39-,40-,41-/m0/s1. The van der Waals surface area contributed by atoms with E-state index in [2.05, 4.69) is 42.5 Å². The van der Waals surface area contributed by atoms with Crippen molar-refractivity contribution in [1.82, 2.24) is 47.4 Å². The van der Waals surface area contributed by atoms with E-state index in [1.54, 1.807) is 34.6 Å². The summed E-state index contributed by atoms with van der Waals surface area (Å²) in [5.74, 6) is -17.2. The van der Waals surface area contributed by atoms with E-state index in [1.165, 1.54) is 6.92 Å². The Labute approximate surface area is 474 Å². The van der Waals surface area contributed by atoms with Crippen molar-refractivity contribution in [3.63, 3.8) is 0 Å². The van der Waals surface area contributed by atoms with Gasteiger partial charge in [0.05, 0.1) is 18.6 Å². The van der Waals surface area contributed by atoms with Crippen molar-refractivity contribution in [2.45, 2.75) is 205 Å². The molecule has 0 aromatic rings. The van der Waals surface area contributed by atoms with Crippen molar-refractivity contribution >= 4 is 82.9 Å². The fourth-order valence-corrected chi connectivity index (χ4v) is 8.48. The van der Waals surface area contributed by atoms with E-state index in [9.17, 15) is 92.7 Å². The van der Waals surface area contributed by atoms with Crippen molar-refractivity contribution in [3.8, 4) is 0 Å². The molecule has 0 aromatic carbocycles. The second kappa shape index (κ2) is 36.0. The lowest BCUT2D eigenvalue weighted by Gasteiger charge is -2.31. The number of carbonyl (C=O) groups is 14. The minimum Gasteiger partial charge on any atom is -0.481 e. The third-order valence-corrected chi connectivity index (χ3v) is 13.5. The van der Waals surface area contributed by atoms with Gasteiger partial charge in [0.25, 0.3) is 0 Å². The summed E-state index contributed by atoms with van der Waals surface area (Å²) < 4.78 is 0. The zero-order chi connectivity index (χ0) is 62.7. The molecule has 31 heteroatoms. The zero-order valence-corrected chi connectivity index (χ0v) is 47.5. The first-order valence-electron chi connectivity index (χ1n) is 27.3. The monoisotopic (exact) mass is 1170 g/mol. The molecule has 0 aliphatic carbocycles. The van der Waals surface area contributed by atoms with E-state index in [4.69, 9.17) is 17.2 Å². The highest BCUT2D eigenvalue weighted by molar-refractivity contribution is 5.99. The molecule has 1 rings (SSSR count). The third-order valence-electron chi connectivity index (χ3n) is 13.5. The molecule has 0 aromatic heterocycles. The van der Waals surface area contributed by atoms with Gasteiger partial charge in [-0.05, 0) is 89.0 Å². The smallest absolute Gasteiger partial charge is 0.326 e. The number of likely N-dealkylation sites (tertiary alicyclic amines) is 1. The van der Waals surface area contributed by atoms with E-state index in [0.717, 1.165) is 11.8 Å². The molecule has 0 bridgehead atoms. The summed E-state index contributed by atoms with van der Waals surface area (Å²) in [6, 6.07) is -15.6. The summed E-state index contributed by atoms with van der Waals surface area (Å²) in [5.41, 5.74) is 17.1. The Bertz CT molecular complexity index is 2270. The highest BCUT2D eigenvalue weighted by Gasteiger charge is 2.41. The molecule has 19 N–H and O–H groups in total.